The molecule has 0 aromatic heterocycles. The Labute approximate surface area is 133 Å². The first-order chi connectivity index (χ1) is 10.9. The van der Waals surface area contributed by atoms with Gasteiger partial charge in [0.05, 0.1) is 12.1 Å². The molecule has 3 atom stereocenters. The van der Waals surface area contributed by atoms with Gasteiger partial charge in [0.15, 0.2) is 0 Å². The number of nitrogens with two attached hydrogens (primary N) is 1. The van der Waals surface area contributed by atoms with Gasteiger partial charge in [0, 0.05) is 0 Å². The Morgan fingerprint density at radius 1 is 1.22 bits per heavy atom. The van der Waals surface area contributed by atoms with Crippen LogP contribution in [0.1, 0.15) is 29.7 Å². The average molecular weight is 316 g/mol. The Morgan fingerprint density at radius 3 is 2.52 bits per heavy atom. The molecule has 0 saturated heterocycles. The van der Waals surface area contributed by atoms with Gasteiger partial charge in [-0.05, 0) is 42.2 Å². The first-order valence-electron chi connectivity index (χ1n) is 7.49. The molecule has 23 heavy (non-hydrogen) atoms. The van der Waals surface area contributed by atoms with Crippen molar-refractivity contribution in [2.45, 2.75) is 31.1 Å². The summed E-state index contributed by atoms with van der Waals surface area (Å²) in [5, 5.41) is 2.70. The molecule has 0 radical (unpaired) electrons. The second-order valence-corrected chi connectivity index (χ2v) is 6.02. The van der Waals surface area contributed by atoms with E-state index in [0.717, 1.165) is 23.3 Å². The van der Waals surface area contributed by atoms with Crippen molar-refractivity contribution >= 4 is 5.91 Å². The molecule has 0 saturated carbocycles. The number of hydrogen-bond donors (Lipinski definition) is 2. The van der Waals surface area contributed by atoms with Crippen molar-refractivity contribution in [2.24, 2.45) is 5.73 Å². The van der Waals surface area contributed by atoms with E-state index in [4.69, 9.17) is 5.73 Å². The van der Waals surface area contributed by atoms with Crippen molar-refractivity contribution in [3.05, 3.63) is 71.0 Å². The van der Waals surface area contributed by atoms with Crippen molar-refractivity contribution in [3.63, 3.8) is 0 Å². The summed E-state index contributed by atoms with van der Waals surface area (Å²) >= 11 is 0. The lowest BCUT2D eigenvalue weighted by atomic mass is 9.96. The zero-order valence-electron chi connectivity index (χ0n) is 12.7. The van der Waals surface area contributed by atoms with Crippen molar-refractivity contribution < 1.29 is 13.6 Å². The highest BCUT2D eigenvalue weighted by atomic mass is 19.1. The molecule has 3 rings (SSSR count). The van der Waals surface area contributed by atoms with Gasteiger partial charge >= 0.3 is 0 Å². The first-order valence-corrected chi connectivity index (χ1v) is 7.49. The van der Waals surface area contributed by atoms with E-state index in [0.29, 0.717) is 6.42 Å². The SMILES string of the molecule is CC(F)(C(=O)N[C@H]1Cc2ccccc2[C@@H]1N)c1ccc(F)cc1. The molecular weight excluding hydrogens is 298 g/mol. The van der Waals surface area contributed by atoms with Crippen molar-refractivity contribution in [1.82, 2.24) is 5.32 Å². The lowest BCUT2D eigenvalue weighted by Gasteiger charge is -2.25. The third-order valence-corrected chi connectivity index (χ3v) is 4.42. The van der Waals surface area contributed by atoms with Crippen molar-refractivity contribution in [3.8, 4) is 0 Å². The van der Waals surface area contributed by atoms with E-state index in [-0.39, 0.29) is 17.6 Å². The molecule has 1 amide bonds. The van der Waals surface area contributed by atoms with Crippen LogP contribution in [0.25, 0.3) is 0 Å². The molecule has 3 nitrogen and oxygen atoms in total. The summed E-state index contributed by atoms with van der Waals surface area (Å²) in [6.45, 7) is 1.17. The number of fused-ring (bicyclic) bond motifs is 1. The van der Waals surface area contributed by atoms with Gasteiger partial charge in [-0.3, -0.25) is 4.79 Å². The molecule has 120 valence electrons. The predicted octanol–water partition coefficient (Wildman–Crippen LogP) is 2.75. The monoisotopic (exact) mass is 316 g/mol. The number of carbonyl (C=O) groups is 1. The fourth-order valence-electron chi connectivity index (χ4n) is 2.96. The van der Waals surface area contributed by atoms with E-state index in [9.17, 15) is 13.6 Å². The minimum absolute atomic E-state index is 0.112. The number of carbonyl (C=O) groups excluding carboxylic acids is 1. The lowest BCUT2D eigenvalue weighted by molar-refractivity contribution is -0.133. The Morgan fingerprint density at radius 2 is 1.87 bits per heavy atom. The largest absolute Gasteiger partial charge is 0.348 e. The van der Waals surface area contributed by atoms with Crippen molar-refractivity contribution in [2.75, 3.05) is 0 Å². The van der Waals surface area contributed by atoms with Crippen LogP contribution >= 0.6 is 0 Å². The summed E-state index contributed by atoms with van der Waals surface area (Å²) in [5.41, 5.74) is 6.05. The van der Waals surface area contributed by atoms with Crippen LogP contribution in [0.2, 0.25) is 0 Å². The highest BCUT2D eigenvalue weighted by molar-refractivity contribution is 5.86. The minimum atomic E-state index is -2.25. The van der Waals surface area contributed by atoms with E-state index in [2.05, 4.69) is 5.32 Å². The molecule has 3 N–H and O–H groups in total. The van der Waals surface area contributed by atoms with Crippen LogP contribution in [0.4, 0.5) is 8.78 Å². The maximum atomic E-state index is 14.9. The Bertz CT molecular complexity index is 728. The molecule has 0 fully saturated rings. The molecular formula is C18H18F2N2O. The van der Waals surface area contributed by atoms with Gasteiger partial charge < -0.3 is 11.1 Å². The summed E-state index contributed by atoms with van der Waals surface area (Å²) in [4.78, 5) is 12.4. The van der Waals surface area contributed by atoms with E-state index in [1.54, 1.807) is 0 Å². The molecule has 0 spiro atoms. The summed E-state index contributed by atoms with van der Waals surface area (Å²) in [5.74, 6) is -1.24. The van der Waals surface area contributed by atoms with Gasteiger partial charge in [-0.15, -0.1) is 0 Å². The standard InChI is InChI=1S/C18H18F2N2O/c1-18(20,12-6-8-13(19)9-7-12)17(23)22-15-10-11-4-2-3-5-14(11)16(15)21/h2-9,15-16H,10,21H2,1H3,(H,22,23)/t15-,16-,18?/m0/s1. The normalized spacial score (nSPS) is 22.3. The number of alkyl halides is 1. The molecule has 1 aliphatic rings. The zero-order chi connectivity index (χ0) is 16.6. The molecule has 5 heteroatoms. The van der Waals surface area contributed by atoms with E-state index in [1.807, 2.05) is 24.3 Å². The van der Waals surface area contributed by atoms with Crippen LogP contribution < -0.4 is 11.1 Å². The van der Waals surface area contributed by atoms with Crippen LogP contribution in [-0.2, 0) is 16.9 Å². The smallest absolute Gasteiger partial charge is 0.262 e. The first kappa shape index (κ1) is 15.6. The highest BCUT2D eigenvalue weighted by Gasteiger charge is 2.39. The molecule has 0 heterocycles. The number of rotatable bonds is 3. The second-order valence-electron chi connectivity index (χ2n) is 6.02. The van der Waals surface area contributed by atoms with Gasteiger partial charge in [0.1, 0.15) is 5.82 Å². The third-order valence-electron chi connectivity index (χ3n) is 4.42. The lowest BCUT2D eigenvalue weighted by Crippen LogP contribution is -2.47. The fraction of sp³-hybridized carbons (Fsp3) is 0.278. The van der Waals surface area contributed by atoms with Gasteiger partial charge in [-0.2, -0.15) is 0 Å². The Kier molecular flexibility index (Phi) is 3.90. The summed E-state index contributed by atoms with van der Waals surface area (Å²) < 4.78 is 27.8. The number of nitrogens with one attached hydrogen (secondary N) is 1. The van der Waals surface area contributed by atoms with Crippen LogP contribution in [-0.4, -0.2) is 11.9 Å². The predicted molar refractivity (Wildman–Crippen MR) is 83.9 cm³/mol. The summed E-state index contributed by atoms with van der Waals surface area (Å²) in [7, 11) is 0. The molecule has 1 aliphatic carbocycles. The molecule has 2 aromatic carbocycles. The second kappa shape index (κ2) is 5.74. The topological polar surface area (TPSA) is 55.1 Å². The van der Waals surface area contributed by atoms with Crippen LogP contribution in [0, 0.1) is 5.82 Å². The van der Waals surface area contributed by atoms with E-state index in [1.165, 1.54) is 19.1 Å². The molecule has 0 bridgehead atoms. The van der Waals surface area contributed by atoms with Gasteiger partial charge in [-0.1, -0.05) is 36.4 Å². The zero-order valence-corrected chi connectivity index (χ0v) is 12.7. The van der Waals surface area contributed by atoms with E-state index < -0.39 is 17.4 Å². The summed E-state index contributed by atoms with van der Waals surface area (Å²) in [6, 6.07) is 11.8. The van der Waals surface area contributed by atoms with Crippen LogP contribution in [0.3, 0.4) is 0 Å². The summed E-state index contributed by atoms with van der Waals surface area (Å²) in [6.07, 6.45) is 0.572. The van der Waals surface area contributed by atoms with Crippen LogP contribution in [0.5, 0.6) is 0 Å². The Hall–Kier alpha value is -2.27. The fourth-order valence-corrected chi connectivity index (χ4v) is 2.96. The Balaban J connectivity index is 1.76. The van der Waals surface area contributed by atoms with E-state index >= 15 is 0 Å². The minimum Gasteiger partial charge on any atom is -0.348 e. The number of hydrogen-bond acceptors (Lipinski definition) is 2. The molecule has 2 aromatic rings. The maximum absolute atomic E-state index is 14.9. The average Bonchev–Trinajstić information content (AvgIpc) is 2.84. The van der Waals surface area contributed by atoms with Gasteiger partial charge in [0.25, 0.3) is 5.91 Å². The number of halogens is 2. The molecule has 0 aliphatic heterocycles. The highest BCUT2D eigenvalue weighted by Crippen LogP contribution is 2.31. The third kappa shape index (κ3) is 2.84. The molecule has 1 unspecified atom stereocenters. The maximum Gasteiger partial charge on any atom is 0.262 e. The van der Waals surface area contributed by atoms with Crippen molar-refractivity contribution in [1.29, 1.82) is 0 Å². The quantitative estimate of drug-likeness (QED) is 0.915. The van der Waals surface area contributed by atoms with Gasteiger partial charge in [0.2, 0.25) is 5.67 Å². The van der Waals surface area contributed by atoms with Crippen LogP contribution in [0.15, 0.2) is 48.5 Å². The number of benzene rings is 2. The van der Waals surface area contributed by atoms with Gasteiger partial charge in [-0.25, -0.2) is 8.78 Å². The number of amides is 1.